The molecule has 0 aromatic carbocycles. The molecule has 0 aromatic rings. The van der Waals surface area contributed by atoms with Crippen molar-refractivity contribution in [3.63, 3.8) is 0 Å². The van der Waals surface area contributed by atoms with Crippen molar-refractivity contribution in [1.82, 2.24) is 5.32 Å². The van der Waals surface area contributed by atoms with Gasteiger partial charge in [-0.2, -0.15) is 0 Å². The molecule has 0 bridgehead atoms. The van der Waals surface area contributed by atoms with E-state index >= 15 is 0 Å². The van der Waals surface area contributed by atoms with Gasteiger partial charge in [-0.05, 0) is 19.3 Å². The molecule has 0 saturated carbocycles. The first-order valence-electron chi connectivity index (χ1n) is 6.07. The first kappa shape index (κ1) is 13.9. The summed E-state index contributed by atoms with van der Waals surface area (Å²) in [7, 11) is 0. The third kappa shape index (κ3) is 6.39. The minimum absolute atomic E-state index is 0.621. The van der Waals surface area contributed by atoms with Crippen molar-refractivity contribution in [3.05, 3.63) is 0 Å². The van der Waals surface area contributed by atoms with Gasteiger partial charge in [0.05, 0.1) is 6.61 Å². The molecule has 0 aliphatic rings. The van der Waals surface area contributed by atoms with Gasteiger partial charge in [-0.3, -0.25) is 0 Å². The summed E-state index contributed by atoms with van der Waals surface area (Å²) in [4.78, 5) is 0. The van der Waals surface area contributed by atoms with Crippen LogP contribution >= 0.6 is 0 Å². The maximum absolute atomic E-state index is 5.42. The molecule has 2 heteroatoms. The van der Waals surface area contributed by atoms with Gasteiger partial charge >= 0.3 is 0 Å². The standard InChI is InChI=1S/C12H27NO/c1-5-9-14-10-8-13-11(4)12(6-2)7-3/h11-13H,5-10H2,1-4H3. The molecule has 0 fully saturated rings. The summed E-state index contributed by atoms with van der Waals surface area (Å²) in [5.41, 5.74) is 0. The zero-order valence-corrected chi connectivity index (χ0v) is 10.3. The molecular formula is C12H27NO. The molecule has 1 atom stereocenters. The van der Waals surface area contributed by atoms with Crippen LogP contribution in [0.25, 0.3) is 0 Å². The maximum atomic E-state index is 5.42. The Kier molecular flexibility index (Phi) is 9.42. The van der Waals surface area contributed by atoms with Gasteiger partial charge in [-0.25, -0.2) is 0 Å². The van der Waals surface area contributed by atoms with Gasteiger partial charge in [0, 0.05) is 19.2 Å². The van der Waals surface area contributed by atoms with Crippen LogP contribution in [0.4, 0.5) is 0 Å². The average molecular weight is 201 g/mol. The lowest BCUT2D eigenvalue weighted by atomic mass is 9.96. The van der Waals surface area contributed by atoms with Crippen LogP contribution in [0, 0.1) is 5.92 Å². The fourth-order valence-corrected chi connectivity index (χ4v) is 1.77. The van der Waals surface area contributed by atoms with Crippen molar-refractivity contribution in [3.8, 4) is 0 Å². The van der Waals surface area contributed by atoms with Crippen molar-refractivity contribution >= 4 is 0 Å². The van der Waals surface area contributed by atoms with Crippen LogP contribution in [0.3, 0.4) is 0 Å². The lowest BCUT2D eigenvalue weighted by Gasteiger charge is -2.22. The Morgan fingerprint density at radius 1 is 1.07 bits per heavy atom. The summed E-state index contributed by atoms with van der Waals surface area (Å²) < 4.78 is 5.42. The Morgan fingerprint density at radius 3 is 2.21 bits per heavy atom. The lowest BCUT2D eigenvalue weighted by molar-refractivity contribution is 0.132. The molecule has 0 radical (unpaired) electrons. The van der Waals surface area contributed by atoms with Crippen molar-refractivity contribution < 1.29 is 4.74 Å². The predicted molar refractivity (Wildman–Crippen MR) is 62.6 cm³/mol. The fraction of sp³-hybridized carbons (Fsp3) is 1.00. The van der Waals surface area contributed by atoms with Crippen molar-refractivity contribution in [1.29, 1.82) is 0 Å². The molecule has 0 aromatic heterocycles. The lowest BCUT2D eigenvalue weighted by Crippen LogP contribution is -2.35. The third-order valence-electron chi connectivity index (χ3n) is 2.82. The van der Waals surface area contributed by atoms with Gasteiger partial charge in [0.25, 0.3) is 0 Å². The van der Waals surface area contributed by atoms with Crippen LogP contribution in [0.5, 0.6) is 0 Å². The van der Waals surface area contributed by atoms with Gasteiger partial charge in [0.1, 0.15) is 0 Å². The maximum Gasteiger partial charge on any atom is 0.0590 e. The SMILES string of the molecule is CCCOCCNC(C)C(CC)CC. The first-order valence-corrected chi connectivity index (χ1v) is 6.07. The van der Waals surface area contributed by atoms with Crippen LogP contribution < -0.4 is 5.32 Å². The van der Waals surface area contributed by atoms with E-state index in [0.717, 1.165) is 32.1 Å². The van der Waals surface area contributed by atoms with E-state index in [9.17, 15) is 0 Å². The van der Waals surface area contributed by atoms with Gasteiger partial charge in [0.2, 0.25) is 0 Å². The van der Waals surface area contributed by atoms with E-state index in [4.69, 9.17) is 4.74 Å². The number of hydrogen-bond acceptors (Lipinski definition) is 2. The van der Waals surface area contributed by atoms with E-state index in [2.05, 4.69) is 33.0 Å². The Labute approximate surface area is 89.4 Å². The smallest absolute Gasteiger partial charge is 0.0590 e. The minimum atomic E-state index is 0.621. The molecule has 0 spiro atoms. The Hall–Kier alpha value is -0.0800. The van der Waals surface area contributed by atoms with E-state index in [1.165, 1.54) is 12.8 Å². The largest absolute Gasteiger partial charge is 0.380 e. The summed E-state index contributed by atoms with van der Waals surface area (Å²) in [6, 6.07) is 0.621. The van der Waals surface area contributed by atoms with E-state index in [1.54, 1.807) is 0 Å². The van der Waals surface area contributed by atoms with Crippen molar-refractivity contribution in [2.75, 3.05) is 19.8 Å². The molecule has 2 nitrogen and oxygen atoms in total. The second kappa shape index (κ2) is 9.47. The van der Waals surface area contributed by atoms with Crippen LogP contribution in [0.1, 0.15) is 47.0 Å². The van der Waals surface area contributed by atoms with Crippen LogP contribution in [-0.2, 0) is 4.74 Å². The monoisotopic (exact) mass is 201 g/mol. The Balaban J connectivity index is 3.37. The average Bonchev–Trinajstić information content (AvgIpc) is 2.19. The number of rotatable bonds is 9. The van der Waals surface area contributed by atoms with Gasteiger partial charge in [-0.15, -0.1) is 0 Å². The van der Waals surface area contributed by atoms with Gasteiger partial charge < -0.3 is 10.1 Å². The highest BCUT2D eigenvalue weighted by atomic mass is 16.5. The summed E-state index contributed by atoms with van der Waals surface area (Å²) in [5.74, 6) is 0.807. The first-order chi connectivity index (χ1) is 6.76. The van der Waals surface area contributed by atoms with Crippen molar-refractivity contribution in [2.45, 2.75) is 53.0 Å². The summed E-state index contributed by atoms with van der Waals surface area (Å²) in [5, 5.41) is 3.52. The minimum Gasteiger partial charge on any atom is -0.380 e. The predicted octanol–water partition coefficient (Wildman–Crippen LogP) is 2.83. The molecule has 0 heterocycles. The molecule has 1 unspecified atom stereocenters. The molecule has 14 heavy (non-hydrogen) atoms. The molecule has 1 N–H and O–H groups in total. The third-order valence-corrected chi connectivity index (χ3v) is 2.82. The van der Waals surface area contributed by atoms with E-state index < -0.39 is 0 Å². The molecular weight excluding hydrogens is 174 g/mol. The molecule has 0 saturated heterocycles. The fourth-order valence-electron chi connectivity index (χ4n) is 1.77. The van der Waals surface area contributed by atoms with Crippen LogP contribution in [0.2, 0.25) is 0 Å². The molecule has 0 aliphatic carbocycles. The second-order valence-electron chi connectivity index (χ2n) is 3.93. The van der Waals surface area contributed by atoms with E-state index in [1.807, 2.05) is 0 Å². The highest BCUT2D eigenvalue weighted by molar-refractivity contribution is 4.69. The number of nitrogens with one attached hydrogen (secondary N) is 1. The summed E-state index contributed by atoms with van der Waals surface area (Å²) >= 11 is 0. The van der Waals surface area contributed by atoms with Gasteiger partial charge in [0.15, 0.2) is 0 Å². The molecule has 86 valence electrons. The second-order valence-corrected chi connectivity index (χ2v) is 3.93. The molecule has 0 amide bonds. The Bertz CT molecular complexity index is 113. The highest BCUT2D eigenvalue weighted by Crippen LogP contribution is 2.11. The molecule has 0 aliphatic heterocycles. The summed E-state index contributed by atoms with van der Waals surface area (Å²) in [6.07, 6.45) is 3.64. The zero-order chi connectivity index (χ0) is 10.8. The molecule has 0 rings (SSSR count). The number of hydrogen-bond donors (Lipinski definition) is 1. The Morgan fingerprint density at radius 2 is 1.71 bits per heavy atom. The normalized spacial score (nSPS) is 13.5. The highest BCUT2D eigenvalue weighted by Gasteiger charge is 2.11. The van der Waals surface area contributed by atoms with Crippen molar-refractivity contribution in [2.24, 2.45) is 5.92 Å². The number of ether oxygens (including phenoxy) is 1. The summed E-state index contributed by atoms with van der Waals surface area (Å²) in [6.45, 7) is 11.7. The quantitative estimate of drug-likeness (QED) is 0.579. The van der Waals surface area contributed by atoms with E-state index in [-0.39, 0.29) is 0 Å². The van der Waals surface area contributed by atoms with E-state index in [0.29, 0.717) is 6.04 Å². The topological polar surface area (TPSA) is 21.3 Å². The van der Waals surface area contributed by atoms with Gasteiger partial charge in [-0.1, -0.05) is 33.6 Å². The van der Waals surface area contributed by atoms with Crippen LogP contribution in [-0.4, -0.2) is 25.8 Å². The zero-order valence-electron chi connectivity index (χ0n) is 10.3. The van der Waals surface area contributed by atoms with Crippen LogP contribution in [0.15, 0.2) is 0 Å².